The number of nitrogens with one attached hydrogen (secondary N) is 1. The number of hydrogen-bond donors (Lipinski definition) is 1. The van der Waals surface area contributed by atoms with Gasteiger partial charge in [-0.25, -0.2) is 0 Å². The van der Waals surface area contributed by atoms with Crippen molar-refractivity contribution in [3.63, 3.8) is 0 Å². The Morgan fingerprint density at radius 3 is 2.43 bits per heavy atom. The van der Waals surface area contributed by atoms with E-state index in [1.807, 2.05) is 60.7 Å². The fourth-order valence-electron chi connectivity index (χ4n) is 3.60. The molecule has 0 spiro atoms. The molecule has 136 valence electrons. The molecule has 5 rings (SSSR count). The quantitative estimate of drug-likeness (QED) is 0.492. The van der Waals surface area contributed by atoms with E-state index in [1.54, 1.807) is 13.1 Å². The van der Waals surface area contributed by atoms with Crippen LogP contribution in [0.2, 0.25) is 0 Å². The van der Waals surface area contributed by atoms with Gasteiger partial charge < -0.3 is 14.3 Å². The Balaban J connectivity index is 1.57. The Morgan fingerprint density at radius 1 is 0.857 bits per heavy atom. The molecule has 0 radical (unpaired) electrons. The summed E-state index contributed by atoms with van der Waals surface area (Å²) in [5, 5.41) is 5.64. The second-order valence-electron chi connectivity index (χ2n) is 6.74. The van der Waals surface area contributed by atoms with Gasteiger partial charge in [0.1, 0.15) is 11.2 Å². The second kappa shape index (κ2) is 6.09. The molecular weight excluding hydrogens is 352 g/mol. The third-order valence-electron chi connectivity index (χ3n) is 5.04. The summed E-state index contributed by atoms with van der Waals surface area (Å²) < 4.78 is 7.42. The summed E-state index contributed by atoms with van der Waals surface area (Å²) in [7, 11) is 1.70. The third-order valence-corrected chi connectivity index (χ3v) is 5.04. The number of pyridine rings is 1. The van der Waals surface area contributed by atoms with Crippen LogP contribution in [0.4, 0.5) is 5.69 Å². The molecule has 5 aromatic rings. The van der Waals surface area contributed by atoms with Crippen molar-refractivity contribution in [2.24, 2.45) is 7.05 Å². The average molecular weight is 368 g/mol. The van der Waals surface area contributed by atoms with Crippen LogP contribution in [-0.4, -0.2) is 10.5 Å². The number of anilines is 1. The Morgan fingerprint density at radius 2 is 1.57 bits per heavy atom. The van der Waals surface area contributed by atoms with Crippen molar-refractivity contribution < 1.29 is 9.21 Å². The number of carbonyl (C=O) groups excluding carboxylic acids is 1. The molecule has 2 aromatic heterocycles. The highest BCUT2D eigenvalue weighted by molar-refractivity contribution is 6.13. The maximum absolute atomic E-state index is 12.9. The van der Waals surface area contributed by atoms with Gasteiger partial charge in [0.2, 0.25) is 0 Å². The highest BCUT2D eigenvalue weighted by Crippen LogP contribution is 2.30. The molecule has 0 saturated heterocycles. The van der Waals surface area contributed by atoms with E-state index in [0.29, 0.717) is 22.4 Å². The van der Waals surface area contributed by atoms with Crippen molar-refractivity contribution in [2.45, 2.75) is 0 Å². The van der Waals surface area contributed by atoms with E-state index >= 15 is 0 Å². The van der Waals surface area contributed by atoms with E-state index in [-0.39, 0.29) is 11.5 Å². The van der Waals surface area contributed by atoms with Gasteiger partial charge in [0, 0.05) is 41.0 Å². The summed E-state index contributed by atoms with van der Waals surface area (Å²) in [5.41, 5.74) is 2.96. The lowest BCUT2D eigenvalue weighted by Crippen LogP contribution is -2.21. The first-order valence-electron chi connectivity index (χ1n) is 8.93. The maximum atomic E-state index is 12.9. The van der Waals surface area contributed by atoms with Crippen LogP contribution in [0.5, 0.6) is 0 Å². The third kappa shape index (κ3) is 2.48. The summed E-state index contributed by atoms with van der Waals surface area (Å²) in [4.78, 5) is 25.2. The molecule has 2 heterocycles. The number of carbonyl (C=O) groups is 1. The van der Waals surface area contributed by atoms with Gasteiger partial charge in [-0.05, 0) is 24.3 Å². The molecule has 0 bridgehead atoms. The van der Waals surface area contributed by atoms with Crippen LogP contribution in [0.15, 0.2) is 82.0 Å². The second-order valence-corrected chi connectivity index (χ2v) is 6.74. The first-order chi connectivity index (χ1) is 13.6. The summed E-state index contributed by atoms with van der Waals surface area (Å²) in [5.74, 6) is -0.329. The standard InChI is InChI=1S/C23H16N2O3/c1-25-19-8-4-2-6-15(19)18(13-22(25)26)23(27)24-14-10-11-17-16-7-3-5-9-20(16)28-21(17)12-14/h2-13H,1H3,(H,24,27). The Kier molecular flexibility index (Phi) is 3.55. The minimum absolute atomic E-state index is 0.225. The van der Waals surface area contributed by atoms with E-state index < -0.39 is 0 Å². The maximum Gasteiger partial charge on any atom is 0.256 e. The number of hydrogen-bond acceptors (Lipinski definition) is 3. The predicted molar refractivity (Wildman–Crippen MR) is 111 cm³/mol. The van der Waals surface area contributed by atoms with Crippen molar-refractivity contribution >= 4 is 44.4 Å². The number of benzene rings is 3. The smallest absolute Gasteiger partial charge is 0.256 e. The zero-order valence-electron chi connectivity index (χ0n) is 15.1. The lowest BCUT2D eigenvalue weighted by molar-refractivity contribution is 0.102. The largest absolute Gasteiger partial charge is 0.456 e. The van der Waals surface area contributed by atoms with Gasteiger partial charge in [0.25, 0.3) is 11.5 Å². The summed E-state index contributed by atoms with van der Waals surface area (Å²) >= 11 is 0. The van der Waals surface area contributed by atoms with Crippen LogP contribution in [-0.2, 0) is 7.05 Å². The molecule has 5 heteroatoms. The van der Waals surface area contributed by atoms with Gasteiger partial charge in [-0.1, -0.05) is 36.4 Å². The van der Waals surface area contributed by atoms with Crippen molar-refractivity contribution in [3.05, 3.63) is 88.7 Å². The summed E-state index contributed by atoms with van der Waals surface area (Å²) in [6.07, 6.45) is 0. The van der Waals surface area contributed by atoms with E-state index in [0.717, 1.165) is 21.7 Å². The van der Waals surface area contributed by atoms with Gasteiger partial charge in [-0.3, -0.25) is 9.59 Å². The first-order valence-corrected chi connectivity index (χ1v) is 8.93. The fraction of sp³-hybridized carbons (Fsp3) is 0.0435. The molecule has 3 aromatic carbocycles. The fourth-order valence-corrected chi connectivity index (χ4v) is 3.60. The first kappa shape index (κ1) is 16.3. The van der Waals surface area contributed by atoms with Crippen molar-refractivity contribution in [1.29, 1.82) is 0 Å². The van der Waals surface area contributed by atoms with E-state index in [2.05, 4.69) is 5.32 Å². The molecule has 0 aliphatic heterocycles. The Hall–Kier alpha value is -3.86. The van der Waals surface area contributed by atoms with Crippen LogP contribution in [0.1, 0.15) is 10.4 Å². The molecule has 1 amide bonds. The number of aryl methyl sites for hydroxylation is 1. The molecule has 0 fully saturated rings. The highest BCUT2D eigenvalue weighted by Gasteiger charge is 2.14. The number of furan rings is 1. The molecule has 1 N–H and O–H groups in total. The van der Waals surface area contributed by atoms with E-state index in [9.17, 15) is 9.59 Å². The van der Waals surface area contributed by atoms with E-state index in [4.69, 9.17) is 4.42 Å². The highest BCUT2D eigenvalue weighted by atomic mass is 16.3. The van der Waals surface area contributed by atoms with Crippen LogP contribution >= 0.6 is 0 Å². The molecule has 0 aliphatic carbocycles. The minimum Gasteiger partial charge on any atom is -0.456 e. The molecule has 0 saturated carbocycles. The van der Waals surface area contributed by atoms with Crippen molar-refractivity contribution in [3.8, 4) is 0 Å². The van der Waals surface area contributed by atoms with Crippen LogP contribution in [0, 0.1) is 0 Å². The zero-order valence-corrected chi connectivity index (χ0v) is 15.1. The minimum atomic E-state index is -0.329. The summed E-state index contributed by atoms with van der Waals surface area (Å²) in [6.45, 7) is 0. The van der Waals surface area contributed by atoms with Crippen molar-refractivity contribution in [1.82, 2.24) is 4.57 Å². The molecule has 0 unspecified atom stereocenters. The number of para-hydroxylation sites is 2. The number of nitrogens with zero attached hydrogens (tertiary/aromatic N) is 1. The van der Waals surface area contributed by atoms with Gasteiger partial charge in [-0.15, -0.1) is 0 Å². The lowest BCUT2D eigenvalue weighted by Gasteiger charge is -2.10. The normalized spacial score (nSPS) is 11.3. The van der Waals surface area contributed by atoms with Gasteiger partial charge in [0.05, 0.1) is 11.1 Å². The van der Waals surface area contributed by atoms with Crippen LogP contribution in [0.25, 0.3) is 32.8 Å². The Labute approximate surface area is 159 Å². The van der Waals surface area contributed by atoms with Crippen molar-refractivity contribution in [2.75, 3.05) is 5.32 Å². The topological polar surface area (TPSA) is 64.2 Å². The number of fused-ring (bicyclic) bond motifs is 4. The predicted octanol–water partition coefficient (Wildman–Crippen LogP) is 4.69. The Bertz CT molecular complexity index is 1440. The van der Waals surface area contributed by atoms with Gasteiger partial charge in [-0.2, -0.15) is 0 Å². The molecule has 0 atom stereocenters. The van der Waals surface area contributed by atoms with Gasteiger partial charge in [0.15, 0.2) is 0 Å². The number of aromatic nitrogens is 1. The summed E-state index contributed by atoms with van der Waals surface area (Å²) in [6, 6.07) is 22.1. The van der Waals surface area contributed by atoms with Gasteiger partial charge >= 0.3 is 0 Å². The molecular formula is C23H16N2O3. The molecule has 0 aliphatic rings. The van der Waals surface area contributed by atoms with Crippen LogP contribution < -0.4 is 10.9 Å². The number of rotatable bonds is 2. The zero-order chi connectivity index (χ0) is 19.3. The van der Waals surface area contributed by atoms with E-state index in [1.165, 1.54) is 10.6 Å². The lowest BCUT2D eigenvalue weighted by atomic mass is 10.1. The molecule has 5 nitrogen and oxygen atoms in total. The average Bonchev–Trinajstić information content (AvgIpc) is 3.08. The number of amides is 1. The molecule has 28 heavy (non-hydrogen) atoms. The monoisotopic (exact) mass is 368 g/mol. The SMILES string of the molecule is Cn1c(=O)cc(C(=O)Nc2ccc3c(c2)oc2ccccc23)c2ccccc21. The van der Waals surface area contributed by atoms with Crippen LogP contribution in [0.3, 0.4) is 0 Å².